The molecule has 0 spiro atoms. The fraction of sp³-hybridized carbons (Fsp3) is 0. The Bertz CT molecular complexity index is 1080. The highest BCUT2D eigenvalue weighted by Gasteiger charge is 2.02. The van der Waals surface area contributed by atoms with Crippen LogP contribution in [0.3, 0.4) is 0 Å². The van der Waals surface area contributed by atoms with Gasteiger partial charge in [0.05, 0.1) is 20.2 Å². The molecule has 0 saturated carbocycles. The van der Waals surface area contributed by atoms with Crippen LogP contribution in [0.25, 0.3) is 11.3 Å². The SMILES string of the molecule is Clc1ccc(-c2ccccc2Br)nc1.Clc1ccc(Br)nc1.O[B]Oc1ccccc1Br. The fourth-order valence-corrected chi connectivity index (χ4v) is 3.48. The van der Waals surface area contributed by atoms with E-state index in [9.17, 15) is 0 Å². The van der Waals surface area contributed by atoms with Crippen molar-refractivity contribution in [2.45, 2.75) is 0 Å². The predicted molar refractivity (Wildman–Crippen MR) is 142 cm³/mol. The van der Waals surface area contributed by atoms with E-state index in [0.717, 1.165) is 24.8 Å². The Labute approximate surface area is 222 Å². The van der Waals surface area contributed by atoms with E-state index in [2.05, 4.69) is 57.8 Å². The van der Waals surface area contributed by atoms with Crippen LogP contribution in [0.15, 0.2) is 98.7 Å². The minimum absolute atomic E-state index is 0.602. The van der Waals surface area contributed by atoms with Crippen LogP contribution in [-0.2, 0) is 0 Å². The Morgan fingerprint density at radius 1 is 0.719 bits per heavy atom. The van der Waals surface area contributed by atoms with E-state index in [0.29, 0.717) is 23.5 Å². The van der Waals surface area contributed by atoms with Crippen LogP contribution < -0.4 is 4.65 Å². The maximum Gasteiger partial charge on any atom is 0.569 e. The van der Waals surface area contributed by atoms with Gasteiger partial charge in [-0.2, -0.15) is 0 Å². The Morgan fingerprint density at radius 3 is 1.81 bits per heavy atom. The van der Waals surface area contributed by atoms with Gasteiger partial charge < -0.3 is 9.68 Å². The van der Waals surface area contributed by atoms with E-state index in [-0.39, 0.29) is 0 Å². The molecule has 0 bridgehead atoms. The quantitative estimate of drug-likeness (QED) is 0.179. The van der Waals surface area contributed by atoms with Crippen molar-refractivity contribution >= 4 is 78.7 Å². The molecule has 4 aromatic rings. The number of halogens is 5. The van der Waals surface area contributed by atoms with Crippen molar-refractivity contribution in [3.63, 3.8) is 0 Å². The van der Waals surface area contributed by atoms with Gasteiger partial charge in [0.25, 0.3) is 0 Å². The third-order valence-electron chi connectivity index (χ3n) is 3.58. The monoisotopic (exact) mass is 657 g/mol. The molecule has 10 heteroatoms. The summed E-state index contributed by atoms with van der Waals surface area (Å²) in [6, 6.07) is 22.5. The molecule has 2 heterocycles. The molecular formula is C22H15BBr3Cl2N2O2. The van der Waals surface area contributed by atoms with Crippen molar-refractivity contribution < 1.29 is 9.68 Å². The summed E-state index contributed by atoms with van der Waals surface area (Å²) in [7, 11) is 0.653. The van der Waals surface area contributed by atoms with Crippen LogP contribution in [0.5, 0.6) is 5.75 Å². The van der Waals surface area contributed by atoms with Crippen molar-refractivity contribution in [2.24, 2.45) is 0 Å². The Morgan fingerprint density at radius 2 is 1.31 bits per heavy atom. The molecule has 0 fully saturated rings. The lowest BCUT2D eigenvalue weighted by Gasteiger charge is -2.02. The highest BCUT2D eigenvalue weighted by atomic mass is 79.9. The number of hydrogen-bond acceptors (Lipinski definition) is 4. The zero-order valence-corrected chi connectivity index (χ0v) is 22.6. The lowest BCUT2D eigenvalue weighted by molar-refractivity contribution is 0.452. The maximum atomic E-state index is 8.28. The summed E-state index contributed by atoms with van der Waals surface area (Å²) < 4.78 is 7.38. The van der Waals surface area contributed by atoms with Gasteiger partial charge in [0, 0.05) is 22.4 Å². The summed E-state index contributed by atoms with van der Waals surface area (Å²) >= 11 is 21.2. The molecule has 163 valence electrons. The average molecular weight is 661 g/mol. The lowest BCUT2D eigenvalue weighted by Crippen LogP contribution is -1.99. The van der Waals surface area contributed by atoms with Gasteiger partial charge in [-0.3, -0.25) is 4.98 Å². The first kappa shape index (κ1) is 26.8. The molecule has 2 aromatic carbocycles. The number of hydrogen-bond donors (Lipinski definition) is 1. The summed E-state index contributed by atoms with van der Waals surface area (Å²) in [6.45, 7) is 0. The van der Waals surface area contributed by atoms with Crippen molar-refractivity contribution in [1.82, 2.24) is 9.97 Å². The smallest absolute Gasteiger partial charge is 0.537 e. The van der Waals surface area contributed by atoms with Crippen LogP contribution in [0.1, 0.15) is 0 Å². The number of para-hydroxylation sites is 1. The topological polar surface area (TPSA) is 55.2 Å². The number of pyridine rings is 2. The van der Waals surface area contributed by atoms with Gasteiger partial charge in [-0.1, -0.05) is 69.5 Å². The Balaban J connectivity index is 0.000000178. The molecular weight excluding hydrogens is 646 g/mol. The second-order valence-electron chi connectivity index (χ2n) is 5.79. The normalized spacial score (nSPS) is 9.56. The molecule has 1 radical (unpaired) electrons. The largest absolute Gasteiger partial charge is 0.569 e. The van der Waals surface area contributed by atoms with Gasteiger partial charge >= 0.3 is 7.69 Å². The number of rotatable bonds is 3. The maximum absolute atomic E-state index is 8.28. The van der Waals surface area contributed by atoms with E-state index >= 15 is 0 Å². The Hall–Kier alpha value is -1.42. The van der Waals surface area contributed by atoms with Gasteiger partial charge in [0.2, 0.25) is 0 Å². The second-order valence-corrected chi connectivity index (χ2v) is 9.19. The summed E-state index contributed by atoms with van der Waals surface area (Å²) in [5.41, 5.74) is 1.99. The molecule has 0 atom stereocenters. The van der Waals surface area contributed by atoms with E-state index in [1.807, 2.05) is 54.6 Å². The number of aromatic nitrogens is 2. The van der Waals surface area contributed by atoms with E-state index < -0.39 is 0 Å². The molecule has 32 heavy (non-hydrogen) atoms. The van der Waals surface area contributed by atoms with Crippen molar-refractivity contribution in [3.8, 4) is 17.0 Å². The zero-order valence-electron chi connectivity index (χ0n) is 16.3. The Kier molecular flexibility index (Phi) is 12.3. The molecule has 4 nitrogen and oxygen atoms in total. The molecule has 4 rings (SSSR count). The van der Waals surface area contributed by atoms with Crippen molar-refractivity contribution in [1.29, 1.82) is 0 Å². The van der Waals surface area contributed by atoms with Crippen molar-refractivity contribution in [2.75, 3.05) is 0 Å². The van der Waals surface area contributed by atoms with E-state index in [1.54, 1.807) is 30.6 Å². The first-order valence-electron chi connectivity index (χ1n) is 8.91. The first-order valence-corrected chi connectivity index (χ1v) is 12.0. The van der Waals surface area contributed by atoms with Gasteiger partial charge in [-0.25, -0.2) is 4.98 Å². The number of benzene rings is 2. The molecule has 0 amide bonds. The molecule has 1 N–H and O–H groups in total. The van der Waals surface area contributed by atoms with Crippen LogP contribution in [0.2, 0.25) is 10.0 Å². The van der Waals surface area contributed by atoms with Crippen LogP contribution >= 0.6 is 71.0 Å². The predicted octanol–water partition coefficient (Wildman–Crippen LogP) is 8.02. The average Bonchev–Trinajstić information content (AvgIpc) is 2.80. The summed E-state index contributed by atoms with van der Waals surface area (Å²) in [6.07, 6.45) is 3.24. The van der Waals surface area contributed by atoms with Crippen LogP contribution in [-0.4, -0.2) is 22.7 Å². The molecule has 0 unspecified atom stereocenters. The van der Waals surface area contributed by atoms with E-state index in [1.165, 1.54) is 0 Å². The second kappa shape index (κ2) is 14.7. The third-order valence-corrected chi connectivity index (χ3v) is 5.85. The van der Waals surface area contributed by atoms with E-state index in [4.69, 9.17) is 32.9 Å². The molecule has 0 aliphatic carbocycles. The van der Waals surface area contributed by atoms with Gasteiger partial charge in [0.1, 0.15) is 10.4 Å². The summed E-state index contributed by atoms with van der Waals surface area (Å²) in [5.74, 6) is 0.602. The van der Waals surface area contributed by atoms with Crippen molar-refractivity contribution in [3.05, 3.63) is 109 Å². The van der Waals surface area contributed by atoms with Gasteiger partial charge in [-0.15, -0.1) is 0 Å². The summed E-state index contributed by atoms with van der Waals surface area (Å²) in [5, 5.41) is 9.59. The van der Waals surface area contributed by atoms with Crippen LogP contribution in [0, 0.1) is 0 Å². The highest BCUT2D eigenvalue weighted by Crippen LogP contribution is 2.26. The lowest BCUT2D eigenvalue weighted by atomic mass is 10.1. The molecule has 0 aliphatic rings. The minimum Gasteiger partial charge on any atom is -0.537 e. The van der Waals surface area contributed by atoms with Crippen LogP contribution in [0.4, 0.5) is 0 Å². The standard InChI is InChI=1S/C11H7BrClN.C6H5BBrO2.C5H3BrClN/c12-10-4-2-1-3-9(10)11-6-5-8(13)7-14-11;8-5-3-1-2-4-6(5)10-7-9;6-5-2-1-4(7)3-8-5/h1-7H;1-4,9H;1-3H. The van der Waals surface area contributed by atoms with Gasteiger partial charge in [0.15, 0.2) is 0 Å². The molecule has 0 aliphatic heterocycles. The highest BCUT2D eigenvalue weighted by molar-refractivity contribution is 9.11. The molecule has 2 aromatic heterocycles. The summed E-state index contributed by atoms with van der Waals surface area (Å²) in [4.78, 5) is 8.11. The number of nitrogens with zero attached hydrogens (tertiary/aromatic N) is 2. The fourth-order valence-electron chi connectivity index (χ4n) is 2.16. The zero-order chi connectivity index (χ0) is 23.3. The minimum atomic E-state index is 0.602. The third kappa shape index (κ3) is 9.61. The van der Waals surface area contributed by atoms with Gasteiger partial charge in [-0.05, 0) is 74.3 Å². The molecule has 0 saturated heterocycles. The first-order chi connectivity index (χ1) is 15.4.